The second-order valence-corrected chi connectivity index (χ2v) is 8.55. The Hall–Kier alpha value is -4.21. The number of allylic oxidation sites excluding steroid dienone is 2. The van der Waals surface area contributed by atoms with Gasteiger partial charge in [0, 0.05) is 42.6 Å². The summed E-state index contributed by atoms with van der Waals surface area (Å²) >= 11 is 0. The van der Waals surface area contributed by atoms with Crippen molar-refractivity contribution in [2.75, 3.05) is 25.3 Å². The second-order valence-electron chi connectivity index (χ2n) is 8.55. The number of hydrogen-bond acceptors (Lipinski definition) is 8. The SMILES string of the molecule is COCCN1C=CC2CC=CC(C(=N)OC(=N)NC3N=C(c4ccccc4)c4ccccc4N3O)=C21. The maximum atomic E-state index is 10.9. The predicted octanol–water partition coefficient (Wildman–Crippen LogP) is 3.84. The molecule has 0 aromatic heterocycles. The van der Waals surface area contributed by atoms with Crippen molar-refractivity contribution in [1.29, 1.82) is 10.8 Å². The Labute approximate surface area is 209 Å². The van der Waals surface area contributed by atoms with E-state index in [1.807, 2.05) is 66.9 Å². The molecule has 184 valence electrons. The summed E-state index contributed by atoms with van der Waals surface area (Å²) in [5.41, 5.74) is 4.49. The largest absolute Gasteiger partial charge is 0.407 e. The first-order chi connectivity index (χ1) is 17.6. The molecule has 0 bridgehead atoms. The molecular weight excluding hydrogens is 456 g/mol. The molecule has 0 saturated heterocycles. The van der Waals surface area contributed by atoms with E-state index in [-0.39, 0.29) is 11.8 Å². The summed E-state index contributed by atoms with van der Waals surface area (Å²) < 4.78 is 10.8. The number of nitrogens with one attached hydrogen (secondary N) is 3. The molecule has 9 nitrogen and oxygen atoms in total. The number of hydrogen-bond donors (Lipinski definition) is 4. The van der Waals surface area contributed by atoms with Gasteiger partial charge in [-0.05, 0) is 12.5 Å². The van der Waals surface area contributed by atoms with Gasteiger partial charge in [-0.3, -0.25) is 21.3 Å². The summed E-state index contributed by atoms with van der Waals surface area (Å²) in [5.74, 6) is 0.0105. The van der Waals surface area contributed by atoms with E-state index in [4.69, 9.17) is 20.3 Å². The van der Waals surface area contributed by atoms with Crippen LogP contribution in [-0.4, -0.2) is 54.3 Å². The normalized spacial score (nSPS) is 20.1. The quantitative estimate of drug-likeness (QED) is 0.366. The molecule has 4 N–H and O–H groups in total. The Morgan fingerprint density at radius 3 is 2.72 bits per heavy atom. The third-order valence-electron chi connectivity index (χ3n) is 6.29. The monoisotopic (exact) mass is 484 g/mol. The number of methoxy groups -OCH3 is 1. The van der Waals surface area contributed by atoms with Crippen molar-refractivity contribution in [1.82, 2.24) is 10.2 Å². The van der Waals surface area contributed by atoms with Crippen LogP contribution < -0.4 is 10.4 Å². The highest BCUT2D eigenvalue weighted by Gasteiger charge is 2.31. The summed E-state index contributed by atoms with van der Waals surface area (Å²) in [4.78, 5) is 6.73. The summed E-state index contributed by atoms with van der Waals surface area (Å²) in [5, 5.41) is 31.6. The molecule has 2 aromatic rings. The van der Waals surface area contributed by atoms with Crippen LogP contribution in [0.4, 0.5) is 5.69 Å². The highest BCUT2D eigenvalue weighted by molar-refractivity contribution is 6.17. The Kier molecular flexibility index (Phi) is 6.66. The van der Waals surface area contributed by atoms with Gasteiger partial charge in [0.25, 0.3) is 6.02 Å². The molecule has 0 fully saturated rings. The number of aliphatic imine (C=N–C) groups is 1. The zero-order valence-corrected chi connectivity index (χ0v) is 19.9. The highest BCUT2D eigenvalue weighted by Crippen LogP contribution is 2.35. The number of nitrogens with zero attached hydrogens (tertiary/aromatic N) is 3. The maximum Gasteiger partial charge on any atom is 0.291 e. The van der Waals surface area contributed by atoms with E-state index in [9.17, 15) is 5.21 Å². The first kappa shape index (κ1) is 23.5. The zero-order valence-electron chi connectivity index (χ0n) is 19.9. The van der Waals surface area contributed by atoms with Crippen LogP contribution in [-0.2, 0) is 9.47 Å². The molecule has 2 aromatic carbocycles. The summed E-state index contributed by atoms with van der Waals surface area (Å²) in [7, 11) is 1.66. The second kappa shape index (κ2) is 10.2. The Morgan fingerprint density at radius 2 is 1.92 bits per heavy atom. The predicted molar refractivity (Wildman–Crippen MR) is 138 cm³/mol. The molecule has 9 heteroatoms. The number of ether oxygens (including phenoxy) is 2. The van der Waals surface area contributed by atoms with Crippen molar-refractivity contribution in [2.24, 2.45) is 10.9 Å². The highest BCUT2D eigenvalue weighted by atomic mass is 16.5. The zero-order chi connectivity index (χ0) is 25.1. The molecule has 2 aliphatic heterocycles. The van der Waals surface area contributed by atoms with Gasteiger partial charge in [-0.2, -0.15) is 0 Å². The molecule has 0 saturated carbocycles. The van der Waals surface area contributed by atoms with Gasteiger partial charge < -0.3 is 14.4 Å². The third kappa shape index (κ3) is 4.53. The molecule has 2 unspecified atom stereocenters. The molecular formula is C27H28N6O3. The van der Waals surface area contributed by atoms with Crippen molar-refractivity contribution in [3.8, 4) is 0 Å². The van der Waals surface area contributed by atoms with E-state index >= 15 is 0 Å². The first-order valence-electron chi connectivity index (χ1n) is 11.7. The van der Waals surface area contributed by atoms with Crippen LogP contribution in [0.15, 0.2) is 95.3 Å². The van der Waals surface area contributed by atoms with E-state index in [1.54, 1.807) is 13.2 Å². The fraction of sp³-hybridized carbons (Fsp3) is 0.222. The minimum Gasteiger partial charge on any atom is -0.407 e. The van der Waals surface area contributed by atoms with Gasteiger partial charge in [-0.1, -0.05) is 66.8 Å². The lowest BCUT2D eigenvalue weighted by molar-refractivity contribution is 0.179. The van der Waals surface area contributed by atoms with Crippen molar-refractivity contribution >= 4 is 23.3 Å². The fourth-order valence-corrected chi connectivity index (χ4v) is 4.61. The number of benzene rings is 2. The number of hydroxylamine groups is 1. The Morgan fingerprint density at radius 1 is 1.14 bits per heavy atom. The Bertz CT molecular complexity index is 1280. The lowest BCUT2D eigenvalue weighted by atomic mass is 9.93. The van der Waals surface area contributed by atoms with Gasteiger partial charge in [-0.25, -0.2) is 10.1 Å². The summed E-state index contributed by atoms with van der Waals surface area (Å²) in [6.45, 7) is 1.22. The van der Waals surface area contributed by atoms with Crippen LogP contribution in [0.25, 0.3) is 0 Å². The molecule has 0 spiro atoms. The van der Waals surface area contributed by atoms with E-state index in [0.29, 0.717) is 30.1 Å². The summed E-state index contributed by atoms with van der Waals surface area (Å²) in [6, 6.07) is 16.7. The van der Waals surface area contributed by atoms with Crippen molar-refractivity contribution in [2.45, 2.75) is 12.7 Å². The third-order valence-corrected chi connectivity index (χ3v) is 6.29. The van der Waals surface area contributed by atoms with Crippen LogP contribution >= 0.6 is 0 Å². The number of anilines is 1. The first-order valence-corrected chi connectivity index (χ1v) is 11.7. The van der Waals surface area contributed by atoms with Gasteiger partial charge in [0.05, 0.1) is 23.6 Å². The number of rotatable bonds is 6. The average Bonchev–Trinajstić information content (AvgIpc) is 3.32. The standard InChI is InChI=1S/C27H28N6O3/c1-35-17-16-32-15-14-19-10-7-12-21(24(19)32)25(28)36-26(29)31-27-30-23(18-8-3-2-4-9-18)20-11-5-6-13-22(20)33(27)34/h2-9,11-15,19,27-28,34H,10,16-17H2,1H3,(H2,29,31). The topological polar surface area (TPSA) is 117 Å². The molecule has 3 aliphatic rings. The lowest BCUT2D eigenvalue weighted by Crippen LogP contribution is -2.49. The van der Waals surface area contributed by atoms with Crippen LogP contribution in [0, 0.1) is 16.7 Å². The van der Waals surface area contributed by atoms with Crippen LogP contribution in [0.2, 0.25) is 0 Å². The maximum absolute atomic E-state index is 10.9. The van der Waals surface area contributed by atoms with Crippen molar-refractivity contribution in [3.63, 3.8) is 0 Å². The Balaban J connectivity index is 1.35. The van der Waals surface area contributed by atoms with Crippen molar-refractivity contribution in [3.05, 3.63) is 101 Å². The van der Waals surface area contributed by atoms with Gasteiger partial charge in [0.15, 0.2) is 0 Å². The van der Waals surface area contributed by atoms with E-state index < -0.39 is 12.3 Å². The van der Waals surface area contributed by atoms with E-state index in [1.165, 1.54) is 0 Å². The molecule has 5 rings (SSSR count). The van der Waals surface area contributed by atoms with E-state index in [0.717, 1.165) is 28.3 Å². The van der Waals surface area contributed by atoms with Crippen LogP contribution in [0.5, 0.6) is 0 Å². The molecule has 0 radical (unpaired) electrons. The number of fused-ring (bicyclic) bond motifs is 2. The number of para-hydroxylation sites is 1. The molecule has 1 aliphatic carbocycles. The van der Waals surface area contributed by atoms with Gasteiger partial charge in [-0.15, -0.1) is 0 Å². The van der Waals surface area contributed by atoms with Gasteiger partial charge >= 0.3 is 0 Å². The minimum atomic E-state index is -1.01. The van der Waals surface area contributed by atoms with Crippen LogP contribution in [0.3, 0.4) is 0 Å². The van der Waals surface area contributed by atoms with Crippen molar-refractivity contribution < 1.29 is 14.7 Å². The molecule has 2 atom stereocenters. The van der Waals surface area contributed by atoms with Crippen LogP contribution in [0.1, 0.15) is 17.5 Å². The lowest BCUT2D eigenvalue weighted by Gasteiger charge is -2.32. The molecule has 2 heterocycles. The molecule has 36 heavy (non-hydrogen) atoms. The van der Waals surface area contributed by atoms with E-state index in [2.05, 4.69) is 21.3 Å². The minimum absolute atomic E-state index is 0.150. The summed E-state index contributed by atoms with van der Waals surface area (Å²) in [6.07, 6.45) is 7.82. The number of amidine groups is 1. The average molecular weight is 485 g/mol. The van der Waals surface area contributed by atoms with Gasteiger partial charge in [0.2, 0.25) is 12.2 Å². The van der Waals surface area contributed by atoms with Gasteiger partial charge in [0.1, 0.15) is 0 Å². The fourth-order valence-electron chi connectivity index (χ4n) is 4.61. The smallest absolute Gasteiger partial charge is 0.291 e. The molecule has 0 amide bonds.